The second kappa shape index (κ2) is 12.3. The van der Waals surface area contributed by atoms with E-state index < -0.39 is 0 Å². The van der Waals surface area contributed by atoms with Gasteiger partial charge >= 0.3 is 0 Å². The lowest BCUT2D eigenvalue weighted by atomic mass is 9.82. The molecule has 0 saturated heterocycles. The molecule has 2 heteroatoms. The number of hydrogen-bond donors (Lipinski definition) is 0. The molecule has 0 fully saturated rings. The van der Waals surface area contributed by atoms with Crippen molar-refractivity contribution in [1.29, 1.82) is 0 Å². The molecule has 55 heavy (non-hydrogen) atoms. The van der Waals surface area contributed by atoms with E-state index in [4.69, 9.17) is 0 Å². The molecule has 0 unspecified atom stereocenters. The summed E-state index contributed by atoms with van der Waals surface area (Å²) < 4.78 is 2.61. The summed E-state index contributed by atoms with van der Waals surface area (Å²) in [6.45, 7) is 4.74. The monoisotopic (exact) mass is 719 g/mol. The third kappa shape index (κ3) is 4.99. The van der Waals surface area contributed by atoms with Crippen LogP contribution in [0.25, 0.3) is 75.1 Å². The molecule has 0 N–H and O–H groups in total. The number of thiophene rings is 1. The van der Waals surface area contributed by atoms with Crippen LogP contribution >= 0.6 is 11.3 Å². The Morgan fingerprint density at radius 2 is 1.02 bits per heavy atom. The van der Waals surface area contributed by atoms with Crippen LogP contribution < -0.4 is 4.90 Å². The average molecular weight is 720 g/mol. The van der Waals surface area contributed by atoms with Crippen molar-refractivity contribution in [3.8, 4) is 33.4 Å². The molecule has 0 bridgehead atoms. The highest BCUT2D eigenvalue weighted by atomic mass is 32.1. The van der Waals surface area contributed by atoms with Crippen molar-refractivity contribution < 1.29 is 0 Å². The number of benzene rings is 9. The van der Waals surface area contributed by atoms with E-state index in [-0.39, 0.29) is 5.41 Å². The van der Waals surface area contributed by atoms with E-state index >= 15 is 0 Å². The van der Waals surface area contributed by atoms with Gasteiger partial charge in [-0.2, -0.15) is 0 Å². The maximum atomic E-state index is 2.51. The fraction of sp³-hybridized carbons (Fsp3) is 0.0566. The smallest absolute Gasteiger partial charge is 0.0546 e. The van der Waals surface area contributed by atoms with Gasteiger partial charge in [0, 0.05) is 42.5 Å². The molecule has 11 rings (SSSR count). The Morgan fingerprint density at radius 3 is 1.89 bits per heavy atom. The maximum absolute atomic E-state index is 2.51. The Bertz CT molecular complexity index is 3130. The largest absolute Gasteiger partial charge is 0.310 e. The highest BCUT2D eigenvalue weighted by Gasteiger charge is 2.36. The Hall–Kier alpha value is -6.48. The number of nitrogens with zero attached hydrogens (tertiary/aromatic N) is 1. The minimum atomic E-state index is -0.130. The van der Waals surface area contributed by atoms with Crippen molar-refractivity contribution in [2.45, 2.75) is 19.3 Å². The summed E-state index contributed by atoms with van der Waals surface area (Å²) in [6, 6.07) is 69.9. The van der Waals surface area contributed by atoms with Crippen molar-refractivity contribution in [1.82, 2.24) is 0 Å². The van der Waals surface area contributed by atoms with Gasteiger partial charge in [-0.15, -0.1) is 11.3 Å². The molecule has 1 nitrogen and oxygen atoms in total. The molecule has 1 aliphatic rings. The van der Waals surface area contributed by atoms with Crippen LogP contribution in [0.1, 0.15) is 25.0 Å². The molecule has 9 aromatic carbocycles. The second-order valence-corrected chi connectivity index (χ2v) is 16.4. The van der Waals surface area contributed by atoms with Crippen molar-refractivity contribution >= 4 is 70.1 Å². The van der Waals surface area contributed by atoms with Crippen LogP contribution in [0.3, 0.4) is 0 Å². The third-order valence-corrected chi connectivity index (χ3v) is 13.0. The van der Waals surface area contributed by atoms with Crippen molar-refractivity contribution in [3.63, 3.8) is 0 Å². The first-order chi connectivity index (χ1) is 27.0. The molecule has 0 radical (unpaired) electrons. The van der Waals surface area contributed by atoms with Crippen molar-refractivity contribution in [3.05, 3.63) is 199 Å². The van der Waals surface area contributed by atoms with Gasteiger partial charge in [-0.3, -0.25) is 0 Å². The summed E-state index contributed by atoms with van der Waals surface area (Å²) in [4.78, 5) is 2.51. The van der Waals surface area contributed by atoms with E-state index in [0.29, 0.717) is 0 Å². The lowest BCUT2D eigenvalue weighted by molar-refractivity contribution is 0.660. The first-order valence-electron chi connectivity index (χ1n) is 19.1. The third-order valence-electron chi connectivity index (χ3n) is 11.8. The summed E-state index contributed by atoms with van der Waals surface area (Å²) in [5.74, 6) is 0. The Labute approximate surface area is 325 Å². The SMILES string of the molecule is CC1(C)c2ccccc2-c2ccc(N(c3ccc4sc5ccccc5c4c3)c3cc(-c4cc5ccccc5c5ccccc45)ccc3-c3ccccc3)cc21. The van der Waals surface area contributed by atoms with Gasteiger partial charge < -0.3 is 4.90 Å². The standard InChI is InChI=1S/C53H37NS/c1-53(2)48-22-12-10-20-43(48)44-28-25-38(33-49(44)53)54(37-26-29-52-47(32-37)45-21-11-13-23-51(45)55-52)50-31-36(24-27-40(50)34-14-4-3-5-15-34)46-30-35-16-6-7-17-39(35)41-18-8-9-19-42(41)46/h3-33H,1-2H3. The molecule has 10 aromatic rings. The molecular weight excluding hydrogens is 683 g/mol. The lowest BCUT2D eigenvalue weighted by Crippen LogP contribution is -2.17. The van der Waals surface area contributed by atoms with Gasteiger partial charge in [-0.1, -0.05) is 153 Å². The Kier molecular flexibility index (Phi) is 7.14. The molecule has 1 aromatic heterocycles. The molecule has 1 aliphatic carbocycles. The van der Waals surface area contributed by atoms with E-state index in [2.05, 4.69) is 207 Å². The number of fused-ring (bicyclic) bond motifs is 9. The normalized spacial score (nSPS) is 13.1. The zero-order valence-corrected chi connectivity index (χ0v) is 31.6. The highest BCUT2D eigenvalue weighted by molar-refractivity contribution is 7.25. The Morgan fingerprint density at radius 1 is 0.382 bits per heavy atom. The zero-order chi connectivity index (χ0) is 36.7. The van der Waals surface area contributed by atoms with E-state index in [1.165, 1.54) is 86.2 Å². The van der Waals surface area contributed by atoms with Gasteiger partial charge in [-0.25, -0.2) is 0 Å². The average Bonchev–Trinajstić information content (AvgIpc) is 3.72. The van der Waals surface area contributed by atoms with Crippen LogP contribution in [0.15, 0.2) is 188 Å². The van der Waals surface area contributed by atoms with Crippen molar-refractivity contribution in [2.24, 2.45) is 0 Å². The maximum Gasteiger partial charge on any atom is 0.0546 e. The van der Waals surface area contributed by atoms with Gasteiger partial charge in [-0.05, 0) is 109 Å². The van der Waals surface area contributed by atoms with Crippen LogP contribution in [0, 0.1) is 0 Å². The first-order valence-corrected chi connectivity index (χ1v) is 19.9. The van der Waals surface area contributed by atoms with Crippen molar-refractivity contribution in [2.75, 3.05) is 4.90 Å². The van der Waals surface area contributed by atoms with Gasteiger partial charge in [0.15, 0.2) is 0 Å². The summed E-state index contributed by atoms with van der Waals surface area (Å²) in [6.07, 6.45) is 0. The quantitative estimate of drug-likeness (QED) is 0.160. The molecular formula is C53H37NS. The number of rotatable bonds is 5. The molecule has 0 spiro atoms. The second-order valence-electron chi connectivity index (χ2n) is 15.3. The predicted molar refractivity (Wildman–Crippen MR) is 237 cm³/mol. The predicted octanol–water partition coefficient (Wildman–Crippen LogP) is 15.5. The number of hydrogen-bond acceptors (Lipinski definition) is 2. The molecule has 1 heterocycles. The van der Waals surface area contributed by atoms with E-state index in [0.717, 1.165) is 17.1 Å². The van der Waals surface area contributed by atoms with E-state index in [9.17, 15) is 0 Å². The fourth-order valence-electron chi connectivity index (χ4n) is 9.15. The summed E-state index contributed by atoms with van der Waals surface area (Å²) in [5.41, 5.74) is 13.5. The summed E-state index contributed by atoms with van der Waals surface area (Å²) >= 11 is 1.87. The lowest BCUT2D eigenvalue weighted by Gasteiger charge is -2.30. The molecule has 0 atom stereocenters. The summed E-state index contributed by atoms with van der Waals surface area (Å²) in [5, 5.41) is 7.65. The molecule has 0 saturated carbocycles. The van der Waals surface area contributed by atoms with Crippen LogP contribution in [0.2, 0.25) is 0 Å². The van der Waals surface area contributed by atoms with E-state index in [1.807, 2.05) is 11.3 Å². The first kappa shape index (κ1) is 32.0. The highest BCUT2D eigenvalue weighted by Crippen LogP contribution is 2.52. The number of anilines is 3. The van der Waals surface area contributed by atoms with Crippen LogP contribution in [0.5, 0.6) is 0 Å². The van der Waals surface area contributed by atoms with Gasteiger partial charge in [0.1, 0.15) is 0 Å². The molecule has 0 aliphatic heterocycles. The fourth-order valence-corrected chi connectivity index (χ4v) is 10.2. The van der Waals surface area contributed by atoms with Crippen LogP contribution in [-0.2, 0) is 5.41 Å². The van der Waals surface area contributed by atoms with Crippen LogP contribution in [-0.4, -0.2) is 0 Å². The van der Waals surface area contributed by atoms with Gasteiger partial charge in [0.25, 0.3) is 0 Å². The van der Waals surface area contributed by atoms with Gasteiger partial charge in [0.05, 0.1) is 5.69 Å². The minimum Gasteiger partial charge on any atom is -0.310 e. The van der Waals surface area contributed by atoms with Gasteiger partial charge in [0.2, 0.25) is 0 Å². The van der Waals surface area contributed by atoms with Crippen LogP contribution in [0.4, 0.5) is 17.1 Å². The molecule has 0 amide bonds. The Balaban J connectivity index is 1.21. The zero-order valence-electron chi connectivity index (χ0n) is 30.8. The minimum absolute atomic E-state index is 0.130. The van der Waals surface area contributed by atoms with E-state index in [1.54, 1.807) is 0 Å². The topological polar surface area (TPSA) is 3.24 Å². The molecule has 260 valence electrons. The summed E-state index contributed by atoms with van der Waals surface area (Å²) in [7, 11) is 0.